The lowest BCUT2D eigenvalue weighted by molar-refractivity contribution is 0.0829. The number of rotatable bonds is 0. The highest BCUT2D eigenvalue weighted by Crippen LogP contribution is 2.28. The number of hydrazine groups is 1. The summed E-state index contributed by atoms with van der Waals surface area (Å²) >= 11 is 0. The molecule has 2 heterocycles. The maximum Gasteiger partial charge on any atom is 0.0160 e. The Morgan fingerprint density at radius 2 is 2.25 bits per heavy atom. The molecule has 0 amide bonds. The summed E-state index contributed by atoms with van der Waals surface area (Å²) in [7, 11) is 0. The van der Waals surface area contributed by atoms with Crippen molar-refractivity contribution in [2.24, 2.45) is 17.7 Å². The maximum atomic E-state index is 5.80. The molecule has 3 nitrogen and oxygen atoms in total. The number of nitrogens with zero attached hydrogens (tertiary/aromatic N) is 1. The van der Waals surface area contributed by atoms with E-state index in [1.54, 1.807) is 0 Å². The second-order valence-corrected chi connectivity index (χ2v) is 4.35. The van der Waals surface area contributed by atoms with Crippen molar-refractivity contribution in [2.75, 3.05) is 19.6 Å². The van der Waals surface area contributed by atoms with Crippen LogP contribution in [0.4, 0.5) is 0 Å². The Labute approximate surface area is 74.3 Å². The molecule has 3 N–H and O–H groups in total. The molecular formula is C9H19N3. The highest BCUT2D eigenvalue weighted by molar-refractivity contribution is 4.86. The summed E-state index contributed by atoms with van der Waals surface area (Å²) < 4.78 is 0. The molecule has 3 heteroatoms. The van der Waals surface area contributed by atoms with Crippen LogP contribution < -0.4 is 11.2 Å². The molecule has 3 unspecified atom stereocenters. The largest absolute Gasteiger partial charge is 0.314 e. The SMILES string of the molecule is CC1CC2CN(N)CCC2CN1. The number of nitrogens with one attached hydrogen (secondary N) is 1. The second-order valence-electron chi connectivity index (χ2n) is 4.35. The van der Waals surface area contributed by atoms with Crippen molar-refractivity contribution in [1.82, 2.24) is 10.3 Å². The first kappa shape index (κ1) is 8.48. The summed E-state index contributed by atoms with van der Waals surface area (Å²) in [6, 6.07) is 0.692. The van der Waals surface area contributed by atoms with Crippen LogP contribution in [0.5, 0.6) is 0 Å². The minimum Gasteiger partial charge on any atom is -0.314 e. The molecule has 0 aromatic heterocycles. The van der Waals surface area contributed by atoms with Crippen molar-refractivity contribution in [2.45, 2.75) is 25.8 Å². The number of nitrogens with two attached hydrogens (primary N) is 1. The van der Waals surface area contributed by atoms with Gasteiger partial charge in [0.15, 0.2) is 0 Å². The van der Waals surface area contributed by atoms with E-state index in [1.165, 1.54) is 19.4 Å². The zero-order valence-corrected chi connectivity index (χ0v) is 7.79. The zero-order valence-electron chi connectivity index (χ0n) is 7.79. The van der Waals surface area contributed by atoms with Crippen molar-refractivity contribution < 1.29 is 0 Å². The van der Waals surface area contributed by atoms with Gasteiger partial charge < -0.3 is 5.32 Å². The van der Waals surface area contributed by atoms with E-state index >= 15 is 0 Å². The molecule has 0 aliphatic carbocycles. The summed E-state index contributed by atoms with van der Waals surface area (Å²) in [6.07, 6.45) is 2.58. The predicted octanol–water partition coefficient (Wildman–Crippen LogP) is 0.180. The van der Waals surface area contributed by atoms with E-state index in [9.17, 15) is 0 Å². The van der Waals surface area contributed by atoms with E-state index in [-0.39, 0.29) is 0 Å². The summed E-state index contributed by atoms with van der Waals surface area (Å²) in [5.74, 6) is 7.54. The van der Waals surface area contributed by atoms with E-state index < -0.39 is 0 Å². The number of piperidine rings is 2. The Morgan fingerprint density at radius 1 is 1.42 bits per heavy atom. The highest BCUT2D eigenvalue weighted by Gasteiger charge is 2.32. The van der Waals surface area contributed by atoms with Gasteiger partial charge in [-0.1, -0.05) is 0 Å². The lowest BCUT2D eigenvalue weighted by Gasteiger charge is -2.41. The van der Waals surface area contributed by atoms with Crippen LogP contribution in [-0.2, 0) is 0 Å². The highest BCUT2D eigenvalue weighted by atomic mass is 15.4. The van der Waals surface area contributed by atoms with Gasteiger partial charge >= 0.3 is 0 Å². The Balaban J connectivity index is 1.94. The fourth-order valence-electron chi connectivity index (χ4n) is 2.53. The van der Waals surface area contributed by atoms with Crippen LogP contribution >= 0.6 is 0 Å². The third kappa shape index (κ3) is 1.63. The molecule has 2 fully saturated rings. The topological polar surface area (TPSA) is 41.3 Å². The fourth-order valence-corrected chi connectivity index (χ4v) is 2.53. The van der Waals surface area contributed by atoms with Gasteiger partial charge in [-0.25, -0.2) is 5.01 Å². The lowest BCUT2D eigenvalue weighted by Crippen LogP contribution is -2.52. The molecule has 0 bridgehead atoms. The van der Waals surface area contributed by atoms with Gasteiger partial charge in [-0.3, -0.25) is 5.84 Å². The average molecular weight is 169 g/mol. The Morgan fingerprint density at radius 3 is 3.08 bits per heavy atom. The minimum atomic E-state index is 0.692. The van der Waals surface area contributed by atoms with Crippen molar-refractivity contribution in [3.05, 3.63) is 0 Å². The van der Waals surface area contributed by atoms with Crippen molar-refractivity contribution in [3.8, 4) is 0 Å². The standard InChI is InChI=1S/C9H19N3/c1-7-4-9-6-12(10)3-2-8(9)5-11-7/h7-9,11H,2-6,10H2,1H3. The van der Waals surface area contributed by atoms with Gasteiger partial charge in [0.25, 0.3) is 0 Å². The first-order valence-corrected chi connectivity index (χ1v) is 4.98. The molecule has 2 aliphatic heterocycles. The van der Waals surface area contributed by atoms with Gasteiger partial charge in [-0.2, -0.15) is 0 Å². The maximum absolute atomic E-state index is 5.80. The first-order chi connectivity index (χ1) is 5.75. The van der Waals surface area contributed by atoms with E-state index in [4.69, 9.17) is 5.84 Å². The number of fused-ring (bicyclic) bond motifs is 1. The monoisotopic (exact) mass is 169 g/mol. The quantitative estimate of drug-likeness (QED) is 0.508. The van der Waals surface area contributed by atoms with E-state index in [0.29, 0.717) is 6.04 Å². The van der Waals surface area contributed by atoms with Crippen LogP contribution in [-0.4, -0.2) is 30.7 Å². The van der Waals surface area contributed by atoms with Crippen LogP contribution in [0, 0.1) is 11.8 Å². The van der Waals surface area contributed by atoms with Gasteiger partial charge in [0.05, 0.1) is 0 Å². The summed E-state index contributed by atoms with van der Waals surface area (Å²) in [4.78, 5) is 0. The molecule has 12 heavy (non-hydrogen) atoms. The summed E-state index contributed by atoms with van der Waals surface area (Å²) in [5.41, 5.74) is 0. The van der Waals surface area contributed by atoms with Gasteiger partial charge in [-0.15, -0.1) is 0 Å². The molecular weight excluding hydrogens is 150 g/mol. The third-order valence-corrected chi connectivity index (χ3v) is 3.31. The van der Waals surface area contributed by atoms with Gasteiger partial charge in [0.1, 0.15) is 0 Å². The molecule has 2 aliphatic rings. The number of hydrogen-bond donors (Lipinski definition) is 2. The Kier molecular flexibility index (Phi) is 2.35. The van der Waals surface area contributed by atoms with Crippen molar-refractivity contribution in [3.63, 3.8) is 0 Å². The van der Waals surface area contributed by atoms with Crippen molar-refractivity contribution in [1.29, 1.82) is 0 Å². The molecule has 2 rings (SSSR count). The lowest BCUT2D eigenvalue weighted by atomic mass is 9.79. The van der Waals surface area contributed by atoms with Crippen LogP contribution in [0.3, 0.4) is 0 Å². The summed E-state index contributed by atoms with van der Waals surface area (Å²) in [6.45, 7) is 5.67. The summed E-state index contributed by atoms with van der Waals surface area (Å²) in [5, 5.41) is 5.52. The average Bonchev–Trinajstić information content (AvgIpc) is 2.03. The Bertz CT molecular complexity index is 144. The van der Waals surface area contributed by atoms with Gasteiger partial charge in [0.2, 0.25) is 0 Å². The van der Waals surface area contributed by atoms with Crippen LogP contribution in [0.25, 0.3) is 0 Å². The smallest absolute Gasteiger partial charge is 0.0160 e. The van der Waals surface area contributed by atoms with E-state index in [0.717, 1.165) is 24.9 Å². The molecule has 0 radical (unpaired) electrons. The molecule has 2 saturated heterocycles. The minimum absolute atomic E-state index is 0.692. The molecule has 0 aromatic carbocycles. The van der Waals surface area contributed by atoms with Crippen LogP contribution in [0.2, 0.25) is 0 Å². The molecule has 0 saturated carbocycles. The normalized spacial score (nSPS) is 44.0. The van der Waals surface area contributed by atoms with Crippen LogP contribution in [0.1, 0.15) is 19.8 Å². The molecule has 3 atom stereocenters. The molecule has 0 aromatic rings. The zero-order chi connectivity index (χ0) is 8.55. The Hall–Kier alpha value is -0.120. The third-order valence-electron chi connectivity index (χ3n) is 3.31. The number of hydrogen-bond acceptors (Lipinski definition) is 3. The predicted molar refractivity (Wildman–Crippen MR) is 49.4 cm³/mol. The fraction of sp³-hybridized carbons (Fsp3) is 1.00. The van der Waals surface area contributed by atoms with Crippen molar-refractivity contribution >= 4 is 0 Å². The second kappa shape index (κ2) is 3.32. The first-order valence-electron chi connectivity index (χ1n) is 4.98. The molecule has 70 valence electrons. The van der Waals surface area contributed by atoms with E-state index in [2.05, 4.69) is 12.2 Å². The molecule has 0 spiro atoms. The van der Waals surface area contributed by atoms with Gasteiger partial charge in [-0.05, 0) is 38.1 Å². The van der Waals surface area contributed by atoms with Gasteiger partial charge in [0, 0.05) is 19.1 Å². The van der Waals surface area contributed by atoms with E-state index in [1.807, 2.05) is 5.01 Å². The van der Waals surface area contributed by atoms with Crippen LogP contribution in [0.15, 0.2) is 0 Å².